The fourth-order valence-electron chi connectivity index (χ4n) is 6.42. The summed E-state index contributed by atoms with van der Waals surface area (Å²) in [5.41, 5.74) is 4.41. The number of ketones is 1. The molecule has 11 heteroatoms. The van der Waals surface area contributed by atoms with Gasteiger partial charge in [-0.1, -0.05) is 43.3 Å². The van der Waals surface area contributed by atoms with Crippen molar-refractivity contribution in [2.45, 2.75) is 52.2 Å². The van der Waals surface area contributed by atoms with Crippen molar-refractivity contribution in [2.75, 3.05) is 5.32 Å². The lowest BCUT2D eigenvalue weighted by Crippen LogP contribution is -2.46. The summed E-state index contributed by atoms with van der Waals surface area (Å²) in [5.74, 6) is 0.379. The molecule has 0 spiro atoms. The Hall–Kier alpha value is -4.77. The number of benzene rings is 2. The van der Waals surface area contributed by atoms with Gasteiger partial charge in [-0.15, -0.1) is 0 Å². The number of fused-ring (bicyclic) bond motifs is 2. The first kappa shape index (κ1) is 29.0. The normalized spacial score (nSPS) is 20.2. The van der Waals surface area contributed by atoms with Gasteiger partial charge in [-0.3, -0.25) is 19.1 Å². The van der Waals surface area contributed by atoms with E-state index in [1.54, 1.807) is 22.0 Å². The number of hydrogen-bond donors (Lipinski definition) is 1. The molecule has 0 bridgehead atoms. The minimum atomic E-state index is -0.649. The van der Waals surface area contributed by atoms with Crippen LogP contribution in [0.3, 0.4) is 0 Å². The molecule has 1 saturated heterocycles. The second-order valence-corrected chi connectivity index (χ2v) is 12.9. The van der Waals surface area contributed by atoms with Crippen molar-refractivity contribution in [3.63, 3.8) is 0 Å². The van der Waals surface area contributed by atoms with Gasteiger partial charge in [-0.2, -0.15) is 5.10 Å². The molecule has 1 aliphatic carbocycles. The zero-order valence-electron chi connectivity index (χ0n) is 25.0. The summed E-state index contributed by atoms with van der Waals surface area (Å²) in [7, 11) is 0. The smallest absolute Gasteiger partial charge is 0.248 e. The van der Waals surface area contributed by atoms with Crippen LogP contribution in [0.5, 0.6) is 0 Å². The van der Waals surface area contributed by atoms with Crippen molar-refractivity contribution >= 4 is 50.2 Å². The molecule has 3 aromatic heterocycles. The van der Waals surface area contributed by atoms with E-state index in [0.717, 1.165) is 28.7 Å². The highest BCUT2D eigenvalue weighted by molar-refractivity contribution is 9.10. The first-order valence-electron chi connectivity index (χ1n) is 14.8. The molecular formula is C34H30BrN7O3. The summed E-state index contributed by atoms with van der Waals surface area (Å²) in [5, 5.41) is 8.18. The Morgan fingerprint density at radius 2 is 1.71 bits per heavy atom. The number of amides is 2. The molecular weight excluding hydrogens is 634 g/mol. The zero-order chi connectivity index (χ0) is 31.5. The van der Waals surface area contributed by atoms with Crippen LogP contribution >= 0.6 is 15.9 Å². The first-order chi connectivity index (χ1) is 21.6. The van der Waals surface area contributed by atoms with Gasteiger partial charge in [0, 0.05) is 36.3 Å². The molecule has 4 heterocycles. The fraction of sp³-hybridized carbons (Fsp3) is 0.265. The molecule has 2 aliphatic rings. The number of anilines is 1. The third kappa shape index (κ3) is 5.41. The number of halogens is 1. The summed E-state index contributed by atoms with van der Waals surface area (Å²) in [4.78, 5) is 55.0. The van der Waals surface area contributed by atoms with Crippen molar-refractivity contribution < 1.29 is 14.4 Å². The Kier molecular flexibility index (Phi) is 7.07. The molecule has 1 saturated carbocycles. The highest BCUT2D eigenvalue weighted by Crippen LogP contribution is 2.59. The highest BCUT2D eigenvalue weighted by Gasteiger charge is 2.64. The summed E-state index contributed by atoms with van der Waals surface area (Å²) in [6.45, 7) is 5.30. The van der Waals surface area contributed by atoms with Gasteiger partial charge >= 0.3 is 0 Å². The summed E-state index contributed by atoms with van der Waals surface area (Å²) in [6, 6.07) is 18.5. The van der Waals surface area contributed by atoms with Gasteiger partial charge in [-0.25, -0.2) is 15.0 Å². The van der Waals surface area contributed by atoms with E-state index < -0.39 is 6.04 Å². The molecule has 1 aliphatic heterocycles. The van der Waals surface area contributed by atoms with E-state index in [2.05, 4.69) is 48.2 Å². The Bertz CT molecular complexity index is 1990. The van der Waals surface area contributed by atoms with Crippen LogP contribution in [-0.4, -0.2) is 59.3 Å². The number of piperidine rings is 1. The predicted octanol–water partition coefficient (Wildman–Crippen LogP) is 5.85. The average molecular weight is 665 g/mol. The van der Waals surface area contributed by atoms with Crippen molar-refractivity contribution in [1.29, 1.82) is 0 Å². The van der Waals surface area contributed by atoms with E-state index in [0.29, 0.717) is 33.6 Å². The lowest BCUT2D eigenvalue weighted by Gasteiger charge is -2.27. The van der Waals surface area contributed by atoms with Gasteiger partial charge in [0.25, 0.3) is 0 Å². The quantitative estimate of drug-likeness (QED) is 0.171. The maximum Gasteiger partial charge on any atom is 0.248 e. The van der Waals surface area contributed by atoms with Crippen molar-refractivity contribution in [3.05, 3.63) is 89.2 Å². The van der Waals surface area contributed by atoms with E-state index in [1.807, 2.05) is 67.6 Å². The SMILES string of the molecule is CC(=O)c1nn(CC(=O)N2C3C[C@]3(C)C[C@H]2C(=O)Nc2cc(-c3ccccc3)cc(Br)n2)c2ccc(-c3cnc(C)nc3)cc12. The Labute approximate surface area is 268 Å². The summed E-state index contributed by atoms with van der Waals surface area (Å²) in [6.07, 6.45) is 4.89. The molecule has 0 radical (unpaired) electrons. The molecule has 1 unspecified atom stereocenters. The van der Waals surface area contributed by atoms with E-state index in [4.69, 9.17) is 0 Å². The molecule has 45 heavy (non-hydrogen) atoms. The van der Waals surface area contributed by atoms with E-state index in [1.165, 1.54) is 6.92 Å². The van der Waals surface area contributed by atoms with Gasteiger partial charge in [0.1, 0.15) is 34.5 Å². The second-order valence-electron chi connectivity index (χ2n) is 12.1. The van der Waals surface area contributed by atoms with Gasteiger partial charge in [0.05, 0.1) is 5.52 Å². The summed E-state index contributed by atoms with van der Waals surface area (Å²) < 4.78 is 2.16. The van der Waals surface area contributed by atoms with E-state index >= 15 is 0 Å². The Balaban J connectivity index is 1.15. The number of likely N-dealkylation sites (tertiary alicyclic amines) is 1. The van der Waals surface area contributed by atoms with Crippen molar-refractivity contribution in [2.24, 2.45) is 5.41 Å². The minimum Gasteiger partial charge on any atom is -0.325 e. The number of rotatable bonds is 7. The highest BCUT2D eigenvalue weighted by atomic mass is 79.9. The molecule has 10 nitrogen and oxygen atoms in total. The number of Topliss-reactive ketones (excluding diaryl/α,β-unsaturated/α-hetero) is 1. The van der Waals surface area contributed by atoms with Crippen molar-refractivity contribution in [1.82, 2.24) is 29.6 Å². The number of nitrogens with zero attached hydrogens (tertiary/aromatic N) is 6. The molecule has 5 aromatic rings. The fourth-order valence-corrected chi connectivity index (χ4v) is 6.86. The van der Waals surface area contributed by atoms with Crippen LogP contribution in [0.15, 0.2) is 77.7 Å². The number of aromatic nitrogens is 5. The summed E-state index contributed by atoms with van der Waals surface area (Å²) >= 11 is 3.47. The third-order valence-electron chi connectivity index (χ3n) is 8.86. The zero-order valence-corrected chi connectivity index (χ0v) is 26.6. The molecule has 2 amide bonds. The number of pyridine rings is 1. The van der Waals surface area contributed by atoms with E-state index in [-0.39, 0.29) is 41.3 Å². The number of aryl methyl sites for hydroxylation is 1. The predicted molar refractivity (Wildman–Crippen MR) is 173 cm³/mol. The molecule has 7 rings (SSSR count). The molecule has 2 fully saturated rings. The topological polar surface area (TPSA) is 123 Å². The van der Waals surface area contributed by atoms with Gasteiger partial charge in [-0.05, 0) is 82.1 Å². The second kappa shape index (κ2) is 11.0. The molecule has 1 N–H and O–H groups in total. The third-order valence-corrected chi connectivity index (χ3v) is 9.27. The maximum atomic E-state index is 14.0. The van der Waals surface area contributed by atoms with Crippen LogP contribution < -0.4 is 5.32 Å². The van der Waals surface area contributed by atoms with Gasteiger partial charge in [0.15, 0.2) is 5.78 Å². The Morgan fingerprint density at radius 3 is 2.44 bits per heavy atom. The van der Waals surface area contributed by atoms with Crippen LogP contribution in [0.4, 0.5) is 5.82 Å². The first-order valence-corrected chi connectivity index (χ1v) is 15.5. The lowest BCUT2D eigenvalue weighted by atomic mass is 10.0. The molecule has 2 aromatic carbocycles. The van der Waals surface area contributed by atoms with E-state index in [9.17, 15) is 14.4 Å². The number of carbonyl (C=O) groups excluding carboxylic acids is 3. The van der Waals surface area contributed by atoms with Crippen LogP contribution in [0.1, 0.15) is 43.0 Å². The largest absolute Gasteiger partial charge is 0.325 e. The lowest BCUT2D eigenvalue weighted by molar-refractivity contribution is -0.138. The minimum absolute atomic E-state index is 0.0293. The van der Waals surface area contributed by atoms with Crippen LogP contribution in [0.2, 0.25) is 0 Å². The van der Waals surface area contributed by atoms with Crippen LogP contribution in [-0.2, 0) is 16.1 Å². The Morgan fingerprint density at radius 1 is 0.956 bits per heavy atom. The number of carbonyl (C=O) groups is 3. The van der Waals surface area contributed by atoms with Gasteiger partial charge in [0.2, 0.25) is 11.8 Å². The van der Waals surface area contributed by atoms with Crippen molar-refractivity contribution in [3.8, 4) is 22.3 Å². The number of hydrogen-bond acceptors (Lipinski definition) is 7. The standard InChI is InChI=1S/C34H30BrN7O3/c1-19(43)32-25-11-22(24-16-36-20(2)37-17-24)9-10-26(25)41(40-32)18-31(44)42-27(14-34(3)15-28(34)42)33(45)39-30-13-23(12-29(35)38-30)21-7-5-4-6-8-21/h4-13,16-17,27-28H,14-15,18H2,1-3H3,(H,38,39,45)/t27-,28?,34-/m0/s1. The van der Waals surface area contributed by atoms with Crippen LogP contribution in [0.25, 0.3) is 33.2 Å². The maximum absolute atomic E-state index is 14.0. The molecule has 226 valence electrons. The van der Waals surface area contributed by atoms with Gasteiger partial charge < -0.3 is 10.2 Å². The average Bonchev–Trinajstić information content (AvgIpc) is 3.38. The van der Waals surface area contributed by atoms with Crippen LogP contribution in [0, 0.1) is 12.3 Å². The monoisotopic (exact) mass is 663 g/mol. The number of nitrogens with one attached hydrogen (secondary N) is 1. The molecule has 3 atom stereocenters.